The van der Waals surface area contributed by atoms with Crippen molar-refractivity contribution in [2.45, 2.75) is 38.2 Å². The maximum Gasteiger partial charge on any atom is 0.240 e. The van der Waals surface area contributed by atoms with Gasteiger partial charge in [-0.05, 0) is 26.7 Å². The molecule has 1 saturated heterocycles. The fourth-order valence-electron chi connectivity index (χ4n) is 1.73. The summed E-state index contributed by atoms with van der Waals surface area (Å²) >= 11 is 5.74. The number of hydrogen-bond acceptors (Lipinski definition) is 2. The average molecular weight is 220 g/mol. The molecule has 0 aromatic heterocycles. The zero-order valence-corrected chi connectivity index (χ0v) is 9.59. The van der Waals surface area contributed by atoms with Crippen LogP contribution in [-0.2, 0) is 9.53 Å². The Morgan fingerprint density at radius 2 is 2.14 bits per heavy atom. The summed E-state index contributed by atoms with van der Waals surface area (Å²) < 4.78 is 5.50. The molecule has 1 atom stereocenters. The molecule has 3 nitrogen and oxygen atoms in total. The molecule has 1 aliphatic heterocycles. The van der Waals surface area contributed by atoms with Crippen molar-refractivity contribution < 1.29 is 9.53 Å². The molecule has 0 bridgehead atoms. The molecule has 0 spiro atoms. The number of ether oxygens (including phenoxy) is 1. The normalized spacial score (nSPS) is 20.9. The quantitative estimate of drug-likeness (QED) is 0.676. The number of nitrogens with zero attached hydrogens (tertiary/aromatic N) is 1. The van der Waals surface area contributed by atoms with Crippen LogP contribution in [0.1, 0.15) is 26.7 Å². The summed E-state index contributed by atoms with van der Waals surface area (Å²) in [5.41, 5.74) is 0. The van der Waals surface area contributed by atoms with Crippen molar-refractivity contribution in [3.63, 3.8) is 0 Å². The Morgan fingerprint density at radius 3 is 2.57 bits per heavy atom. The number of amides is 1. The van der Waals surface area contributed by atoms with Crippen LogP contribution in [0.4, 0.5) is 0 Å². The maximum absolute atomic E-state index is 11.5. The van der Waals surface area contributed by atoms with Gasteiger partial charge in [0.25, 0.3) is 0 Å². The predicted octanol–water partition coefficient (Wildman–Crippen LogP) is 1.64. The van der Waals surface area contributed by atoms with E-state index < -0.39 is 5.38 Å². The van der Waals surface area contributed by atoms with Crippen LogP contribution in [0.3, 0.4) is 0 Å². The lowest BCUT2D eigenvalue weighted by atomic mass is 10.1. The third kappa shape index (κ3) is 3.14. The number of piperidine rings is 1. The monoisotopic (exact) mass is 219 g/mol. The largest absolute Gasteiger partial charge is 0.378 e. The van der Waals surface area contributed by atoms with Crippen LogP contribution in [-0.4, -0.2) is 42.0 Å². The van der Waals surface area contributed by atoms with Gasteiger partial charge < -0.3 is 9.64 Å². The first-order valence-electron chi connectivity index (χ1n) is 5.19. The molecule has 14 heavy (non-hydrogen) atoms. The number of hydrogen-bond donors (Lipinski definition) is 0. The lowest BCUT2D eigenvalue weighted by molar-refractivity contribution is -0.133. The van der Waals surface area contributed by atoms with Gasteiger partial charge in [-0.3, -0.25) is 4.79 Å². The summed E-state index contributed by atoms with van der Waals surface area (Å²) in [6, 6.07) is 0. The first kappa shape index (κ1) is 11.8. The Bertz CT molecular complexity index is 189. The van der Waals surface area contributed by atoms with Crippen molar-refractivity contribution in [1.82, 2.24) is 4.90 Å². The summed E-state index contributed by atoms with van der Waals surface area (Å²) in [6.07, 6.45) is 2.20. The van der Waals surface area contributed by atoms with E-state index in [4.69, 9.17) is 16.3 Å². The summed E-state index contributed by atoms with van der Waals surface area (Å²) in [7, 11) is 0. The third-order valence-electron chi connectivity index (χ3n) is 2.50. The smallest absolute Gasteiger partial charge is 0.240 e. The van der Waals surface area contributed by atoms with Crippen LogP contribution in [0.25, 0.3) is 0 Å². The zero-order chi connectivity index (χ0) is 10.6. The van der Waals surface area contributed by atoms with Crippen molar-refractivity contribution in [2.75, 3.05) is 19.7 Å². The molecule has 4 heteroatoms. The molecule has 1 amide bonds. The lowest BCUT2D eigenvalue weighted by Crippen LogP contribution is -2.43. The third-order valence-corrected chi connectivity index (χ3v) is 2.68. The Balaban J connectivity index is 2.32. The molecule has 0 aliphatic carbocycles. The fraction of sp³-hybridized carbons (Fsp3) is 0.900. The molecular weight excluding hydrogens is 202 g/mol. The Kier molecular flexibility index (Phi) is 4.69. The highest BCUT2D eigenvalue weighted by atomic mass is 35.5. The fourth-order valence-corrected chi connectivity index (χ4v) is 1.87. The molecule has 0 radical (unpaired) electrons. The van der Waals surface area contributed by atoms with Crippen molar-refractivity contribution in [3.8, 4) is 0 Å². The van der Waals surface area contributed by atoms with Crippen molar-refractivity contribution >= 4 is 17.5 Å². The molecular formula is C10H18ClNO2. The number of carbonyl (C=O) groups is 1. The minimum absolute atomic E-state index is 0.0432. The highest BCUT2D eigenvalue weighted by Gasteiger charge is 2.24. The van der Waals surface area contributed by atoms with Gasteiger partial charge in [0.05, 0.1) is 6.10 Å². The predicted molar refractivity (Wildman–Crippen MR) is 56.5 cm³/mol. The molecule has 82 valence electrons. The van der Waals surface area contributed by atoms with E-state index >= 15 is 0 Å². The van der Waals surface area contributed by atoms with E-state index in [0.29, 0.717) is 6.10 Å². The molecule has 0 aromatic carbocycles. The SMILES string of the molecule is CCOC1CCN(C(=O)[C@@H](C)Cl)CC1. The second-order valence-corrected chi connectivity index (χ2v) is 4.25. The van der Waals surface area contributed by atoms with E-state index in [9.17, 15) is 4.79 Å². The number of carbonyl (C=O) groups excluding carboxylic acids is 1. The molecule has 1 aliphatic rings. The Labute approximate surface area is 90.4 Å². The number of likely N-dealkylation sites (tertiary alicyclic amines) is 1. The standard InChI is InChI=1S/C10H18ClNO2/c1-3-14-9-4-6-12(7-5-9)10(13)8(2)11/h8-9H,3-7H2,1-2H3/t8-/m1/s1. The molecule has 0 N–H and O–H groups in total. The van der Waals surface area contributed by atoms with E-state index in [0.717, 1.165) is 32.5 Å². The summed E-state index contributed by atoms with van der Waals surface area (Å²) in [6.45, 7) is 6.03. The van der Waals surface area contributed by atoms with Crippen LogP contribution >= 0.6 is 11.6 Å². The molecule has 1 fully saturated rings. The van der Waals surface area contributed by atoms with Gasteiger partial charge in [-0.25, -0.2) is 0 Å². The summed E-state index contributed by atoms with van der Waals surface area (Å²) in [5, 5.41) is -0.404. The van der Waals surface area contributed by atoms with Crippen LogP contribution in [0.15, 0.2) is 0 Å². The van der Waals surface area contributed by atoms with Crippen LogP contribution in [0.5, 0.6) is 0 Å². The van der Waals surface area contributed by atoms with Gasteiger partial charge in [0.1, 0.15) is 5.38 Å². The van der Waals surface area contributed by atoms with Crippen LogP contribution < -0.4 is 0 Å². The Morgan fingerprint density at radius 1 is 1.57 bits per heavy atom. The molecule has 0 aromatic rings. The topological polar surface area (TPSA) is 29.5 Å². The van der Waals surface area contributed by atoms with Gasteiger partial charge >= 0.3 is 0 Å². The van der Waals surface area contributed by atoms with Gasteiger partial charge in [-0.15, -0.1) is 11.6 Å². The first-order valence-corrected chi connectivity index (χ1v) is 5.63. The minimum Gasteiger partial charge on any atom is -0.378 e. The van der Waals surface area contributed by atoms with E-state index in [1.807, 2.05) is 11.8 Å². The van der Waals surface area contributed by atoms with Gasteiger partial charge in [0, 0.05) is 19.7 Å². The van der Waals surface area contributed by atoms with Crippen LogP contribution in [0, 0.1) is 0 Å². The number of rotatable bonds is 3. The van der Waals surface area contributed by atoms with E-state index in [2.05, 4.69) is 0 Å². The summed E-state index contributed by atoms with van der Waals surface area (Å²) in [4.78, 5) is 13.3. The molecule has 0 unspecified atom stereocenters. The van der Waals surface area contributed by atoms with Gasteiger partial charge in [0.2, 0.25) is 5.91 Å². The van der Waals surface area contributed by atoms with Crippen molar-refractivity contribution in [1.29, 1.82) is 0 Å². The highest BCUT2D eigenvalue weighted by molar-refractivity contribution is 6.30. The van der Waals surface area contributed by atoms with E-state index in [1.54, 1.807) is 6.92 Å². The lowest BCUT2D eigenvalue weighted by Gasteiger charge is -2.32. The number of halogens is 1. The first-order chi connectivity index (χ1) is 6.65. The van der Waals surface area contributed by atoms with Gasteiger partial charge in [-0.1, -0.05) is 0 Å². The van der Waals surface area contributed by atoms with Crippen LogP contribution in [0.2, 0.25) is 0 Å². The number of alkyl halides is 1. The molecule has 0 saturated carbocycles. The highest BCUT2D eigenvalue weighted by Crippen LogP contribution is 2.15. The summed E-state index contributed by atoms with van der Waals surface area (Å²) in [5.74, 6) is 0.0432. The second kappa shape index (κ2) is 5.56. The van der Waals surface area contributed by atoms with E-state index in [1.165, 1.54) is 0 Å². The second-order valence-electron chi connectivity index (χ2n) is 3.60. The van der Waals surface area contributed by atoms with Crippen molar-refractivity contribution in [3.05, 3.63) is 0 Å². The Hall–Kier alpha value is -0.280. The van der Waals surface area contributed by atoms with Crippen molar-refractivity contribution in [2.24, 2.45) is 0 Å². The zero-order valence-electron chi connectivity index (χ0n) is 8.83. The maximum atomic E-state index is 11.5. The average Bonchev–Trinajstić information content (AvgIpc) is 2.18. The minimum atomic E-state index is -0.404. The van der Waals surface area contributed by atoms with Gasteiger partial charge in [0.15, 0.2) is 0 Å². The molecule has 1 rings (SSSR count). The molecule has 1 heterocycles. The van der Waals surface area contributed by atoms with E-state index in [-0.39, 0.29) is 5.91 Å². The van der Waals surface area contributed by atoms with Gasteiger partial charge in [-0.2, -0.15) is 0 Å².